The molecule has 0 amide bonds. The Morgan fingerprint density at radius 3 is 2.28 bits per heavy atom. The molecule has 0 fully saturated rings. The molecule has 0 aliphatic heterocycles. The predicted octanol–water partition coefficient (Wildman–Crippen LogP) is 1.96. The molecule has 0 atom stereocenters. The Hall–Kier alpha value is -1.88. The molecule has 1 N–H and O–H groups in total. The van der Waals surface area contributed by atoms with Crippen LogP contribution in [0.2, 0.25) is 0 Å². The standard InChI is InChI=1S/C10H8F3NO3S/c1-2-7-17-9-5-3-8(4-6-9)14-18(15,16)10(11,12)13/h1,3-6,14H,7H2. The zero-order valence-corrected chi connectivity index (χ0v) is 9.68. The number of rotatable bonds is 4. The van der Waals surface area contributed by atoms with Crippen LogP contribution in [0.1, 0.15) is 0 Å². The Labute approximate surface area is 102 Å². The van der Waals surface area contributed by atoms with Crippen molar-refractivity contribution in [2.75, 3.05) is 11.3 Å². The molecule has 98 valence electrons. The van der Waals surface area contributed by atoms with E-state index in [0.717, 1.165) is 12.1 Å². The molecule has 0 aliphatic rings. The summed E-state index contributed by atoms with van der Waals surface area (Å²) < 4.78 is 64.1. The highest BCUT2D eigenvalue weighted by Gasteiger charge is 2.45. The monoisotopic (exact) mass is 279 g/mol. The maximum absolute atomic E-state index is 12.1. The van der Waals surface area contributed by atoms with Crippen molar-refractivity contribution < 1.29 is 26.3 Å². The number of anilines is 1. The zero-order valence-electron chi connectivity index (χ0n) is 8.86. The maximum atomic E-state index is 12.1. The first kappa shape index (κ1) is 14.2. The van der Waals surface area contributed by atoms with Crippen LogP contribution in [0.5, 0.6) is 5.75 Å². The molecular formula is C10H8F3NO3S. The van der Waals surface area contributed by atoms with Crippen LogP contribution >= 0.6 is 0 Å². The van der Waals surface area contributed by atoms with Gasteiger partial charge < -0.3 is 4.74 Å². The third-order valence-corrected chi connectivity index (χ3v) is 2.85. The molecule has 8 heteroatoms. The molecule has 0 spiro atoms. The van der Waals surface area contributed by atoms with Gasteiger partial charge in [-0.2, -0.15) is 21.6 Å². The number of hydrogen-bond donors (Lipinski definition) is 1. The van der Waals surface area contributed by atoms with Crippen LogP contribution in [-0.2, 0) is 10.0 Å². The lowest BCUT2D eigenvalue weighted by atomic mass is 10.3. The average molecular weight is 279 g/mol. The lowest BCUT2D eigenvalue weighted by Crippen LogP contribution is -2.29. The molecule has 18 heavy (non-hydrogen) atoms. The number of terminal acetylenes is 1. The van der Waals surface area contributed by atoms with E-state index in [1.54, 1.807) is 0 Å². The predicted molar refractivity (Wildman–Crippen MR) is 59.4 cm³/mol. The molecule has 4 nitrogen and oxygen atoms in total. The fourth-order valence-electron chi connectivity index (χ4n) is 0.957. The number of benzene rings is 1. The first-order valence-corrected chi connectivity index (χ1v) is 6.00. The van der Waals surface area contributed by atoms with Gasteiger partial charge in [0.1, 0.15) is 12.4 Å². The van der Waals surface area contributed by atoms with Gasteiger partial charge in [-0.15, -0.1) is 6.42 Å². The zero-order chi connectivity index (χ0) is 13.8. The van der Waals surface area contributed by atoms with E-state index in [-0.39, 0.29) is 12.3 Å². The van der Waals surface area contributed by atoms with Gasteiger partial charge in [0.2, 0.25) is 0 Å². The van der Waals surface area contributed by atoms with E-state index in [0.29, 0.717) is 5.75 Å². The largest absolute Gasteiger partial charge is 0.516 e. The molecule has 0 aliphatic carbocycles. The van der Waals surface area contributed by atoms with Crippen LogP contribution in [0.25, 0.3) is 0 Å². The van der Waals surface area contributed by atoms with Gasteiger partial charge in [-0.3, -0.25) is 4.72 Å². The van der Waals surface area contributed by atoms with Gasteiger partial charge in [0.05, 0.1) is 0 Å². The van der Waals surface area contributed by atoms with E-state index in [4.69, 9.17) is 11.2 Å². The molecule has 1 rings (SSSR count). The number of halogens is 3. The van der Waals surface area contributed by atoms with Crippen molar-refractivity contribution >= 4 is 15.7 Å². The fraction of sp³-hybridized carbons (Fsp3) is 0.200. The smallest absolute Gasteiger partial charge is 0.481 e. The van der Waals surface area contributed by atoms with Gasteiger partial charge in [-0.05, 0) is 24.3 Å². The quantitative estimate of drug-likeness (QED) is 0.857. The van der Waals surface area contributed by atoms with Crippen LogP contribution in [0.3, 0.4) is 0 Å². The first-order valence-electron chi connectivity index (χ1n) is 4.51. The maximum Gasteiger partial charge on any atom is 0.516 e. The lowest BCUT2D eigenvalue weighted by molar-refractivity contribution is -0.0429. The SMILES string of the molecule is C#CCOc1ccc(NS(=O)(=O)C(F)(F)F)cc1. The van der Waals surface area contributed by atoms with Crippen molar-refractivity contribution in [1.29, 1.82) is 0 Å². The van der Waals surface area contributed by atoms with Gasteiger partial charge in [0.25, 0.3) is 0 Å². The molecule has 0 heterocycles. The van der Waals surface area contributed by atoms with E-state index in [9.17, 15) is 21.6 Å². The normalized spacial score (nSPS) is 11.7. The van der Waals surface area contributed by atoms with Gasteiger partial charge in [-0.25, -0.2) is 0 Å². The first-order chi connectivity index (χ1) is 8.26. The molecule has 0 saturated carbocycles. The highest BCUT2D eigenvalue weighted by molar-refractivity contribution is 7.93. The number of sulfonamides is 1. The van der Waals surface area contributed by atoms with Crippen molar-refractivity contribution in [3.63, 3.8) is 0 Å². The Bertz CT molecular complexity index is 543. The number of ether oxygens (including phenoxy) is 1. The van der Waals surface area contributed by atoms with E-state index in [1.165, 1.54) is 16.9 Å². The summed E-state index contributed by atoms with van der Waals surface area (Å²) in [6.45, 7) is 0.00756. The van der Waals surface area contributed by atoms with E-state index < -0.39 is 15.5 Å². The Kier molecular flexibility index (Phi) is 4.08. The fourth-order valence-corrected chi connectivity index (χ4v) is 1.52. The minimum atomic E-state index is -5.40. The summed E-state index contributed by atoms with van der Waals surface area (Å²) in [5, 5.41) is 0. The van der Waals surface area contributed by atoms with Gasteiger partial charge >= 0.3 is 15.5 Å². The molecule has 1 aromatic carbocycles. The molecule has 0 aromatic heterocycles. The number of nitrogens with one attached hydrogen (secondary N) is 1. The van der Waals surface area contributed by atoms with Crippen molar-refractivity contribution in [3.8, 4) is 18.1 Å². The van der Waals surface area contributed by atoms with Gasteiger partial charge in [-0.1, -0.05) is 5.92 Å². The van der Waals surface area contributed by atoms with E-state index >= 15 is 0 Å². The van der Waals surface area contributed by atoms with Crippen molar-refractivity contribution in [3.05, 3.63) is 24.3 Å². The van der Waals surface area contributed by atoms with Gasteiger partial charge in [0, 0.05) is 5.69 Å². The van der Waals surface area contributed by atoms with E-state index in [2.05, 4.69) is 5.92 Å². The summed E-state index contributed by atoms with van der Waals surface area (Å²) in [5.41, 5.74) is -5.58. The van der Waals surface area contributed by atoms with Crippen LogP contribution in [0, 0.1) is 12.3 Å². The Balaban J connectivity index is 2.79. The molecule has 0 unspecified atom stereocenters. The minimum absolute atomic E-state index is 0.00756. The van der Waals surface area contributed by atoms with Crippen LogP contribution < -0.4 is 9.46 Å². The molecule has 1 aromatic rings. The van der Waals surface area contributed by atoms with Crippen LogP contribution in [0.4, 0.5) is 18.9 Å². The lowest BCUT2D eigenvalue weighted by Gasteiger charge is -2.10. The average Bonchev–Trinajstić information content (AvgIpc) is 2.26. The summed E-state index contributed by atoms with van der Waals surface area (Å²) in [7, 11) is -5.40. The van der Waals surface area contributed by atoms with Crippen molar-refractivity contribution in [2.24, 2.45) is 0 Å². The van der Waals surface area contributed by atoms with Gasteiger partial charge in [0.15, 0.2) is 0 Å². The van der Waals surface area contributed by atoms with E-state index in [1.807, 2.05) is 0 Å². The molecule has 0 saturated heterocycles. The summed E-state index contributed by atoms with van der Waals surface area (Å²) in [6, 6.07) is 4.86. The van der Waals surface area contributed by atoms with Crippen molar-refractivity contribution in [1.82, 2.24) is 0 Å². The van der Waals surface area contributed by atoms with Crippen LogP contribution in [-0.4, -0.2) is 20.5 Å². The Morgan fingerprint density at radius 1 is 1.28 bits per heavy atom. The Morgan fingerprint density at radius 2 is 1.83 bits per heavy atom. The summed E-state index contributed by atoms with van der Waals surface area (Å²) in [5.74, 6) is 2.53. The topological polar surface area (TPSA) is 55.4 Å². The third kappa shape index (κ3) is 3.56. The summed E-state index contributed by atoms with van der Waals surface area (Å²) >= 11 is 0. The van der Waals surface area contributed by atoms with Crippen molar-refractivity contribution in [2.45, 2.75) is 5.51 Å². The molecule has 0 radical (unpaired) electrons. The third-order valence-electron chi connectivity index (χ3n) is 1.73. The second-order valence-corrected chi connectivity index (χ2v) is 4.74. The van der Waals surface area contributed by atoms with Crippen LogP contribution in [0.15, 0.2) is 24.3 Å². The highest BCUT2D eigenvalue weighted by Crippen LogP contribution is 2.26. The second-order valence-electron chi connectivity index (χ2n) is 3.07. The molecule has 0 bridgehead atoms. The summed E-state index contributed by atoms with van der Waals surface area (Å²) in [4.78, 5) is 0. The number of hydrogen-bond acceptors (Lipinski definition) is 3. The summed E-state index contributed by atoms with van der Waals surface area (Å²) in [6.07, 6.45) is 4.95. The minimum Gasteiger partial charge on any atom is -0.481 e. The number of alkyl halides is 3. The molecular weight excluding hydrogens is 271 g/mol. The second kappa shape index (κ2) is 5.18. The highest BCUT2D eigenvalue weighted by atomic mass is 32.2.